The Kier molecular flexibility index (Phi) is 4.76. The van der Waals surface area contributed by atoms with Gasteiger partial charge in [-0.3, -0.25) is 4.79 Å². The molecule has 0 atom stereocenters. The summed E-state index contributed by atoms with van der Waals surface area (Å²) in [5.74, 6) is -1.47. The molecule has 0 aliphatic heterocycles. The molecule has 4 nitrogen and oxygen atoms in total. The number of esters is 1. The first-order valence-electron chi connectivity index (χ1n) is 4.71. The number of carbonyl (C=O) groups is 2. The molecular weight excluding hydrogens is 250 g/mol. The Hall–Kier alpha value is -1.07. The lowest BCUT2D eigenvalue weighted by atomic mass is 10.4. The first-order valence-corrected chi connectivity index (χ1v) is 5.90. The van der Waals surface area contributed by atoms with Gasteiger partial charge in [0.05, 0.1) is 17.5 Å². The second-order valence-corrected chi connectivity index (χ2v) is 4.89. The quantitative estimate of drug-likeness (QED) is 0.617. The molecule has 1 aromatic rings. The molecule has 0 aromatic carbocycles. The third-order valence-corrected chi connectivity index (χ3v) is 3.03. The molecule has 6 heteroatoms. The Balaban J connectivity index is 2.55. The number of rotatable bonds is 3. The van der Waals surface area contributed by atoms with Crippen LogP contribution in [0.3, 0.4) is 0 Å². The van der Waals surface area contributed by atoms with E-state index in [-0.39, 0.29) is 6.61 Å². The number of thiophene rings is 1. The molecule has 1 rings (SSSR count). The Bertz CT molecular complexity index is 391. The predicted octanol–water partition coefficient (Wildman–Crippen LogP) is 1.92. The van der Waals surface area contributed by atoms with Crippen LogP contribution in [0.5, 0.6) is 0 Å². The van der Waals surface area contributed by atoms with E-state index >= 15 is 0 Å². The van der Waals surface area contributed by atoms with E-state index in [4.69, 9.17) is 11.6 Å². The molecule has 88 valence electrons. The van der Waals surface area contributed by atoms with E-state index < -0.39 is 11.9 Å². The molecule has 0 radical (unpaired) electrons. The van der Waals surface area contributed by atoms with E-state index in [2.05, 4.69) is 4.74 Å². The molecule has 0 aliphatic carbocycles. The van der Waals surface area contributed by atoms with E-state index in [1.807, 2.05) is 6.07 Å². The summed E-state index contributed by atoms with van der Waals surface area (Å²) in [7, 11) is 1.55. The third-order valence-electron chi connectivity index (χ3n) is 1.82. The van der Waals surface area contributed by atoms with Gasteiger partial charge in [0.15, 0.2) is 0 Å². The summed E-state index contributed by atoms with van der Waals surface area (Å²) >= 11 is 7.14. The number of amides is 1. The van der Waals surface area contributed by atoms with Gasteiger partial charge in [-0.1, -0.05) is 11.6 Å². The van der Waals surface area contributed by atoms with Crippen molar-refractivity contribution in [2.24, 2.45) is 0 Å². The maximum atomic E-state index is 11.5. The summed E-state index contributed by atoms with van der Waals surface area (Å²) in [5, 5.41) is 0. The minimum absolute atomic E-state index is 0.198. The predicted molar refractivity (Wildman–Crippen MR) is 62.4 cm³/mol. The van der Waals surface area contributed by atoms with Gasteiger partial charge in [-0.05, 0) is 19.1 Å². The fourth-order valence-corrected chi connectivity index (χ4v) is 2.23. The van der Waals surface area contributed by atoms with Crippen molar-refractivity contribution in [1.29, 1.82) is 0 Å². The van der Waals surface area contributed by atoms with Crippen molar-refractivity contribution in [1.82, 2.24) is 4.90 Å². The monoisotopic (exact) mass is 261 g/mol. The van der Waals surface area contributed by atoms with E-state index in [0.717, 1.165) is 4.88 Å². The molecule has 0 saturated heterocycles. The van der Waals surface area contributed by atoms with Gasteiger partial charge in [-0.15, -0.1) is 11.3 Å². The molecule has 1 heterocycles. The van der Waals surface area contributed by atoms with Gasteiger partial charge in [0.1, 0.15) is 0 Å². The Labute approximate surface area is 103 Å². The molecule has 1 amide bonds. The molecule has 0 fully saturated rings. The van der Waals surface area contributed by atoms with Crippen LogP contribution in [0.4, 0.5) is 0 Å². The summed E-state index contributed by atoms with van der Waals surface area (Å²) in [6, 6.07) is 3.58. The van der Waals surface area contributed by atoms with Gasteiger partial charge < -0.3 is 9.64 Å². The molecular formula is C10H12ClNO3S. The molecule has 0 aliphatic rings. The van der Waals surface area contributed by atoms with Crippen molar-refractivity contribution in [3.05, 3.63) is 21.3 Å². The van der Waals surface area contributed by atoms with Crippen LogP contribution in [0.1, 0.15) is 11.8 Å². The van der Waals surface area contributed by atoms with Gasteiger partial charge >= 0.3 is 11.9 Å². The topological polar surface area (TPSA) is 46.6 Å². The zero-order valence-corrected chi connectivity index (χ0v) is 10.6. The highest BCUT2D eigenvalue weighted by Crippen LogP contribution is 2.22. The Morgan fingerprint density at radius 1 is 1.50 bits per heavy atom. The van der Waals surface area contributed by atoms with Gasteiger partial charge in [0.25, 0.3) is 0 Å². The van der Waals surface area contributed by atoms with Gasteiger partial charge in [0.2, 0.25) is 0 Å². The van der Waals surface area contributed by atoms with Crippen molar-refractivity contribution in [3.63, 3.8) is 0 Å². The van der Waals surface area contributed by atoms with Crippen LogP contribution >= 0.6 is 22.9 Å². The van der Waals surface area contributed by atoms with E-state index in [1.54, 1.807) is 20.0 Å². The van der Waals surface area contributed by atoms with Crippen LogP contribution in [-0.4, -0.2) is 30.4 Å². The number of hydrogen-bond donors (Lipinski definition) is 0. The molecule has 0 bridgehead atoms. The van der Waals surface area contributed by atoms with E-state index in [1.165, 1.54) is 16.2 Å². The van der Waals surface area contributed by atoms with Crippen molar-refractivity contribution in [2.45, 2.75) is 13.5 Å². The standard InChI is InChI=1S/C10H12ClNO3S/c1-3-15-10(14)9(13)12(2)6-7-4-5-8(11)16-7/h4-5H,3,6H2,1-2H3. The second-order valence-electron chi connectivity index (χ2n) is 3.09. The lowest BCUT2D eigenvalue weighted by Gasteiger charge is -2.14. The van der Waals surface area contributed by atoms with Crippen LogP contribution in [0.2, 0.25) is 4.34 Å². The number of carbonyl (C=O) groups excluding carboxylic acids is 2. The van der Waals surface area contributed by atoms with Crippen LogP contribution in [-0.2, 0) is 20.9 Å². The van der Waals surface area contributed by atoms with Crippen molar-refractivity contribution < 1.29 is 14.3 Å². The van der Waals surface area contributed by atoms with Crippen LogP contribution in [0.25, 0.3) is 0 Å². The minimum atomic E-state index is -0.826. The number of hydrogen-bond acceptors (Lipinski definition) is 4. The molecule has 0 N–H and O–H groups in total. The normalized spacial score (nSPS) is 9.94. The number of nitrogens with zero attached hydrogens (tertiary/aromatic N) is 1. The maximum Gasteiger partial charge on any atom is 0.397 e. The number of ether oxygens (including phenoxy) is 1. The number of likely N-dealkylation sites (N-methyl/N-ethyl adjacent to an activating group) is 1. The average molecular weight is 262 g/mol. The zero-order valence-electron chi connectivity index (χ0n) is 9.03. The first kappa shape index (κ1) is 13.0. The number of halogens is 1. The van der Waals surface area contributed by atoms with Crippen molar-refractivity contribution >= 4 is 34.8 Å². The van der Waals surface area contributed by atoms with E-state index in [0.29, 0.717) is 10.9 Å². The van der Waals surface area contributed by atoms with Crippen LogP contribution in [0.15, 0.2) is 12.1 Å². The highest BCUT2D eigenvalue weighted by Gasteiger charge is 2.20. The van der Waals surface area contributed by atoms with Gasteiger partial charge in [-0.2, -0.15) is 0 Å². The summed E-state index contributed by atoms with van der Waals surface area (Å²) in [6.07, 6.45) is 0. The minimum Gasteiger partial charge on any atom is -0.459 e. The molecule has 0 unspecified atom stereocenters. The zero-order chi connectivity index (χ0) is 12.1. The molecule has 1 aromatic heterocycles. The van der Waals surface area contributed by atoms with E-state index in [9.17, 15) is 9.59 Å². The third kappa shape index (κ3) is 3.50. The highest BCUT2D eigenvalue weighted by atomic mass is 35.5. The van der Waals surface area contributed by atoms with Crippen LogP contribution < -0.4 is 0 Å². The fourth-order valence-electron chi connectivity index (χ4n) is 1.09. The highest BCUT2D eigenvalue weighted by molar-refractivity contribution is 7.16. The Morgan fingerprint density at radius 3 is 2.69 bits per heavy atom. The molecule has 0 saturated carbocycles. The molecule has 16 heavy (non-hydrogen) atoms. The smallest absolute Gasteiger partial charge is 0.397 e. The van der Waals surface area contributed by atoms with Gasteiger partial charge in [-0.25, -0.2) is 4.79 Å². The maximum absolute atomic E-state index is 11.5. The largest absolute Gasteiger partial charge is 0.459 e. The Morgan fingerprint density at radius 2 is 2.19 bits per heavy atom. The van der Waals surface area contributed by atoms with Crippen molar-refractivity contribution in [3.8, 4) is 0 Å². The van der Waals surface area contributed by atoms with Crippen molar-refractivity contribution in [2.75, 3.05) is 13.7 Å². The lowest BCUT2D eigenvalue weighted by Crippen LogP contribution is -2.33. The van der Waals surface area contributed by atoms with Crippen LogP contribution in [0, 0.1) is 0 Å². The second kappa shape index (κ2) is 5.86. The summed E-state index contributed by atoms with van der Waals surface area (Å²) in [4.78, 5) is 24.8. The lowest BCUT2D eigenvalue weighted by molar-refractivity contribution is -0.159. The van der Waals surface area contributed by atoms with Gasteiger partial charge in [0, 0.05) is 11.9 Å². The summed E-state index contributed by atoms with van der Waals surface area (Å²) in [6.45, 7) is 2.21. The summed E-state index contributed by atoms with van der Waals surface area (Å²) in [5.41, 5.74) is 0. The first-order chi connectivity index (χ1) is 7.54. The molecule has 0 spiro atoms. The fraction of sp³-hybridized carbons (Fsp3) is 0.400. The SMILES string of the molecule is CCOC(=O)C(=O)N(C)Cc1ccc(Cl)s1. The average Bonchev–Trinajstić information content (AvgIpc) is 2.63. The summed E-state index contributed by atoms with van der Waals surface area (Å²) < 4.78 is 5.27.